The maximum Gasteiger partial charge on any atom is 0.275 e. The summed E-state index contributed by atoms with van der Waals surface area (Å²) in [6.45, 7) is 2.68. The van der Waals surface area contributed by atoms with Crippen molar-refractivity contribution in [3.63, 3.8) is 0 Å². The standard InChI is InChI=1S/C14H19ClN2O2/c1-2-13(7-10-3-4-10)16-9-11-5-6-12(15)8-14(11)17(18)19/h5-6,8,10,13,16H,2-4,7,9H2,1H3. The van der Waals surface area contributed by atoms with Gasteiger partial charge in [-0.05, 0) is 30.9 Å². The van der Waals surface area contributed by atoms with Crippen LogP contribution in [-0.2, 0) is 6.54 Å². The SMILES string of the molecule is CCC(CC1CC1)NCc1ccc(Cl)cc1[N+](=O)[O-]. The van der Waals surface area contributed by atoms with Crippen molar-refractivity contribution in [1.82, 2.24) is 5.32 Å². The van der Waals surface area contributed by atoms with E-state index in [0.29, 0.717) is 23.2 Å². The molecule has 0 saturated heterocycles. The first-order valence-electron chi connectivity index (χ1n) is 6.76. The van der Waals surface area contributed by atoms with Crippen molar-refractivity contribution < 1.29 is 4.92 Å². The van der Waals surface area contributed by atoms with Crippen LogP contribution in [0.4, 0.5) is 5.69 Å². The minimum absolute atomic E-state index is 0.0984. The van der Waals surface area contributed by atoms with E-state index >= 15 is 0 Å². The van der Waals surface area contributed by atoms with Crippen LogP contribution in [0.15, 0.2) is 18.2 Å². The lowest BCUT2D eigenvalue weighted by Crippen LogP contribution is -2.28. The zero-order valence-corrected chi connectivity index (χ0v) is 11.8. The van der Waals surface area contributed by atoms with Gasteiger partial charge in [-0.25, -0.2) is 0 Å². The largest absolute Gasteiger partial charge is 0.310 e. The molecule has 1 unspecified atom stereocenters. The zero-order chi connectivity index (χ0) is 13.8. The molecule has 104 valence electrons. The predicted octanol–water partition coefficient (Wildman–Crippen LogP) is 3.92. The summed E-state index contributed by atoms with van der Waals surface area (Å²) >= 11 is 5.80. The fourth-order valence-corrected chi connectivity index (χ4v) is 2.43. The minimum atomic E-state index is -0.370. The van der Waals surface area contributed by atoms with E-state index in [1.165, 1.54) is 25.3 Å². The molecule has 1 aromatic rings. The van der Waals surface area contributed by atoms with Crippen LogP contribution < -0.4 is 5.32 Å². The van der Waals surface area contributed by atoms with Gasteiger partial charge < -0.3 is 5.32 Å². The molecule has 0 spiro atoms. The number of nitrogens with one attached hydrogen (secondary N) is 1. The Bertz CT molecular complexity index is 461. The summed E-state index contributed by atoms with van der Waals surface area (Å²) in [6.07, 6.45) is 4.90. The molecule has 1 aliphatic rings. The van der Waals surface area contributed by atoms with Gasteiger partial charge in [0.25, 0.3) is 5.69 Å². The molecule has 0 heterocycles. The second-order valence-electron chi connectivity index (χ2n) is 5.20. The maximum absolute atomic E-state index is 11.0. The fourth-order valence-electron chi connectivity index (χ4n) is 2.26. The molecule has 0 radical (unpaired) electrons. The number of benzene rings is 1. The molecule has 2 rings (SSSR count). The number of rotatable bonds is 7. The molecule has 0 amide bonds. The average Bonchev–Trinajstić information content (AvgIpc) is 3.19. The summed E-state index contributed by atoms with van der Waals surface area (Å²) in [6, 6.07) is 5.30. The highest BCUT2D eigenvalue weighted by atomic mass is 35.5. The summed E-state index contributed by atoms with van der Waals surface area (Å²) in [5, 5.41) is 14.8. The molecule has 19 heavy (non-hydrogen) atoms. The summed E-state index contributed by atoms with van der Waals surface area (Å²) in [5.74, 6) is 0.859. The molecule has 0 aromatic heterocycles. The van der Waals surface area contributed by atoms with Crippen LogP contribution in [-0.4, -0.2) is 11.0 Å². The summed E-state index contributed by atoms with van der Waals surface area (Å²) in [5.41, 5.74) is 0.796. The van der Waals surface area contributed by atoms with Gasteiger partial charge in [0, 0.05) is 29.2 Å². The van der Waals surface area contributed by atoms with Crippen molar-refractivity contribution in [2.75, 3.05) is 0 Å². The molecule has 5 heteroatoms. The molecule has 1 aromatic carbocycles. The number of nitro groups is 1. The van der Waals surface area contributed by atoms with E-state index in [-0.39, 0.29) is 10.6 Å². The highest BCUT2D eigenvalue weighted by molar-refractivity contribution is 6.30. The van der Waals surface area contributed by atoms with Crippen LogP contribution >= 0.6 is 11.6 Å². The fraction of sp³-hybridized carbons (Fsp3) is 0.571. The Morgan fingerprint density at radius 3 is 2.84 bits per heavy atom. The first-order valence-corrected chi connectivity index (χ1v) is 7.14. The van der Waals surface area contributed by atoms with E-state index in [1.807, 2.05) is 0 Å². The molecule has 0 bridgehead atoms. The Morgan fingerprint density at radius 2 is 2.26 bits per heavy atom. The van der Waals surface area contributed by atoms with E-state index in [0.717, 1.165) is 12.3 Å². The molecule has 1 aliphatic carbocycles. The lowest BCUT2D eigenvalue weighted by atomic mass is 10.1. The van der Waals surface area contributed by atoms with Crippen molar-refractivity contribution >= 4 is 17.3 Å². The van der Waals surface area contributed by atoms with E-state index < -0.39 is 0 Å². The van der Waals surface area contributed by atoms with E-state index in [9.17, 15) is 10.1 Å². The topological polar surface area (TPSA) is 55.2 Å². The van der Waals surface area contributed by atoms with E-state index in [4.69, 9.17) is 11.6 Å². The Kier molecular flexibility index (Phi) is 4.77. The van der Waals surface area contributed by atoms with Crippen LogP contribution in [0.25, 0.3) is 0 Å². The molecular weight excluding hydrogens is 264 g/mol. The molecule has 0 aliphatic heterocycles. The minimum Gasteiger partial charge on any atom is -0.310 e. The maximum atomic E-state index is 11.0. The van der Waals surface area contributed by atoms with E-state index in [1.54, 1.807) is 12.1 Å². The Hall–Kier alpha value is -1.13. The number of hydrogen-bond donors (Lipinski definition) is 1. The van der Waals surface area contributed by atoms with Gasteiger partial charge in [-0.15, -0.1) is 0 Å². The summed E-state index contributed by atoms with van der Waals surface area (Å²) in [4.78, 5) is 10.6. The van der Waals surface area contributed by atoms with Crippen LogP contribution in [0.1, 0.15) is 38.2 Å². The Labute approximate surface area is 118 Å². The van der Waals surface area contributed by atoms with Gasteiger partial charge >= 0.3 is 0 Å². The summed E-state index contributed by atoms with van der Waals surface area (Å²) in [7, 11) is 0. The highest BCUT2D eigenvalue weighted by Gasteiger charge is 2.25. The molecule has 1 N–H and O–H groups in total. The second-order valence-corrected chi connectivity index (χ2v) is 5.63. The van der Waals surface area contributed by atoms with Crippen LogP contribution in [0, 0.1) is 16.0 Å². The van der Waals surface area contributed by atoms with Gasteiger partial charge in [-0.2, -0.15) is 0 Å². The third kappa shape index (κ3) is 4.18. The van der Waals surface area contributed by atoms with E-state index in [2.05, 4.69) is 12.2 Å². The van der Waals surface area contributed by atoms with Crippen molar-refractivity contribution in [2.24, 2.45) is 5.92 Å². The molecule has 1 fully saturated rings. The quantitative estimate of drug-likeness (QED) is 0.609. The van der Waals surface area contributed by atoms with Gasteiger partial charge in [0.05, 0.1) is 4.92 Å². The lowest BCUT2D eigenvalue weighted by Gasteiger charge is -2.16. The molecular formula is C14H19ClN2O2. The average molecular weight is 283 g/mol. The van der Waals surface area contributed by atoms with Crippen LogP contribution in [0.5, 0.6) is 0 Å². The normalized spacial score (nSPS) is 16.3. The van der Waals surface area contributed by atoms with Crippen molar-refractivity contribution in [2.45, 2.75) is 45.2 Å². The number of nitro benzene ring substituents is 1. The predicted molar refractivity (Wildman–Crippen MR) is 76.4 cm³/mol. The van der Waals surface area contributed by atoms with Crippen LogP contribution in [0.3, 0.4) is 0 Å². The van der Waals surface area contributed by atoms with Gasteiger partial charge in [0.2, 0.25) is 0 Å². The van der Waals surface area contributed by atoms with Gasteiger partial charge in [0.15, 0.2) is 0 Å². The van der Waals surface area contributed by atoms with Gasteiger partial charge in [0.1, 0.15) is 0 Å². The summed E-state index contributed by atoms with van der Waals surface area (Å²) < 4.78 is 0. The number of halogens is 1. The Morgan fingerprint density at radius 1 is 1.53 bits per heavy atom. The van der Waals surface area contributed by atoms with Crippen LogP contribution in [0.2, 0.25) is 5.02 Å². The zero-order valence-electron chi connectivity index (χ0n) is 11.1. The molecule has 1 saturated carbocycles. The van der Waals surface area contributed by atoms with Crippen molar-refractivity contribution in [3.8, 4) is 0 Å². The Balaban J connectivity index is 1.99. The first kappa shape index (κ1) is 14.3. The number of nitrogens with zero attached hydrogens (tertiary/aromatic N) is 1. The number of hydrogen-bond acceptors (Lipinski definition) is 3. The molecule has 1 atom stereocenters. The highest BCUT2D eigenvalue weighted by Crippen LogP contribution is 2.34. The van der Waals surface area contributed by atoms with Gasteiger partial charge in [-0.1, -0.05) is 31.4 Å². The third-order valence-electron chi connectivity index (χ3n) is 3.63. The van der Waals surface area contributed by atoms with Gasteiger partial charge in [-0.3, -0.25) is 10.1 Å². The monoisotopic (exact) mass is 282 g/mol. The second kappa shape index (κ2) is 6.35. The first-order chi connectivity index (χ1) is 9.10. The van der Waals surface area contributed by atoms with Crippen molar-refractivity contribution in [1.29, 1.82) is 0 Å². The third-order valence-corrected chi connectivity index (χ3v) is 3.87. The van der Waals surface area contributed by atoms with Crippen molar-refractivity contribution in [3.05, 3.63) is 38.9 Å². The smallest absolute Gasteiger partial charge is 0.275 e. The molecule has 4 nitrogen and oxygen atoms in total. The lowest BCUT2D eigenvalue weighted by molar-refractivity contribution is -0.385.